The normalized spacial score (nSPS) is 12.9. The van der Waals surface area contributed by atoms with Gasteiger partial charge in [-0.05, 0) is 31.1 Å². The monoisotopic (exact) mass is 202 g/mol. The third kappa shape index (κ3) is 2.81. The van der Waals surface area contributed by atoms with Gasteiger partial charge in [0.25, 0.3) is 0 Å². The van der Waals surface area contributed by atoms with Crippen LogP contribution in [-0.2, 0) is 0 Å². The third-order valence-corrected chi connectivity index (χ3v) is 2.56. The van der Waals surface area contributed by atoms with E-state index in [4.69, 9.17) is 5.26 Å². The maximum absolute atomic E-state index is 9.04. The first kappa shape index (κ1) is 11.7. The van der Waals surface area contributed by atoms with E-state index < -0.39 is 0 Å². The molecular formula is C13H18N2. The third-order valence-electron chi connectivity index (χ3n) is 2.56. The largest absolute Gasteiger partial charge is 0.291 e. The van der Waals surface area contributed by atoms with Crippen LogP contribution in [0.25, 0.3) is 0 Å². The van der Waals surface area contributed by atoms with Crippen LogP contribution in [0.2, 0.25) is 0 Å². The van der Waals surface area contributed by atoms with Crippen LogP contribution in [0.1, 0.15) is 36.9 Å². The fourth-order valence-electron chi connectivity index (χ4n) is 1.55. The fraction of sp³-hybridized carbons (Fsp3) is 0.462. The van der Waals surface area contributed by atoms with Crippen molar-refractivity contribution in [2.75, 3.05) is 14.1 Å². The summed E-state index contributed by atoms with van der Waals surface area (Å²) in [6, 6.07) is 10.4. The molecule has 1 unspecified atom stereocenters. The van der Waals surface area contributed by atoms with Crippen molar-refractivity contribution in [1.82, 2.24) is 4.90 Å². The van der Waals surface area contributed by atoms with Gasteiger partial charge in [-0.1, -0.05) is 38.1 Å². The van der Waals surface area contributed by atoms with Crippen molar-refractivity contribution in [2.24, 2.45) is 0 Å². The molecule has 2 heteroatoms. The summed E-state index contributed by atoms with van der Waals surface area (Å²) in [5.74, 6) is 0.541. The summed E-state index contributed by atoms with van der Waals surface area (Å²) in [7, 11) is 3.84. The number of benzene rings is 1. The highest BCUT2D eigenvalue weighted by Crippen LogP contribution is 2.20. The summed E-state index contributed by atoms with van der Waals surface area (Å²) in [5, 5.41) is 9.04. The van der Waals surface area contributed by atoms with Crippen LogP contribution in [0.4, 0.5) is 0 Å². The summed E-state index contributed by atoms with van der Waals surface area (Å²) in [4.78, 5) is 1.92. The zero-order valence-corrected chi connectivity index (χ0v) is 9.86. The Morgan fingerprint density at radius 3 is 1.87 bits per heavy atom. The van der Waals surface area contributed by atoms with Gasteiger partial charge in [-0.25, -0.2) is 0 Å². The van der Waals surface area contributed by atoms with E-state index in [-0.39, 0.29) is 6.04 Å². The molecule has 0 amide bonds. The molecule has 0 saturated heterocycles. The Hall–Kier alpha value is -1.33. The van der Waals surface area contributed by atoms with Gasteiger partial charge in [0, 0.05) is 0 Å². The lowest BCUT2D eigenvalue weighted by Crippen LogP contribution is -2.18. The smallest absolute Gasteiger partial charge is 0.123 e. The van der Waals surface area contributed by atoms with Crippen LogP contribution >= 0.6 is 0 Å². The Morgan fingerprint density at radius 1 is 1.07 bits per heavy atom. The summed E-state index contributed by atoms with van der Waals surface area (Å²) in [6.45, 7) is 4.34. The Kier molecular flexibility index (Phi) is 3.88. The lowest BCUT2D eigenvalue weighted by atomic mass is 9.99. The van der Waals surface area contributed by atoms with Gasteiger partial charge in [-0.2, -0.15) is 5.26 Å². The van der Waals surface area contributed by atoms with E-state index in [0.717, 1.165) is 5.56 Å². The first-order chi connectivity index (χ1) is 7.06. The first-order valence-electron chi connectivity index (χ1n) is 5.22. The molecule has 15 heavy (non-hydrogen) atoms. The summed E-state index contributed by atoms with van der Waals surface area (Å²) >= 11 is 0. The van der Waals surface area contributed by atoms with Gasteiger partial charge in [0.1, 0.15) is 6.04 Å². The molecule has 0 aliphatic heterocycles. The van der Waals surface area contributed by atoms with Crippen molar-refractivity contribution in [3.8, 4) is 6.07 Å². The van der Waals surface area contributed by atoms with Crippen LogP contribution in [0.3, 0.4) is 0 Å². The molecule has 0 aliphatic rings. The Balaban J connectivity index is 2.93. The molecule has 0 saturated carbocycles. The topological polar surface area (TPSA) is 27.0 Å². The van der Waals surface area contributed by atoms with Crippen molar-refractivity contribution < 1.29 is 0 Å². The van der Waals surface area contributed by atoms with Crippen LogP contribution in [0, 0.1) is 11.3 Å². The summed E-state index contributed by atoms with van der Waals surface area (Å²) in [5.41, 5.74) is 2.38. The van der Waals surface area contributed by atoms with Gasteiger partial charge in [0.15, 0.2) is 0 Å². The van der Waals surface area contributed by atoms with Gasteiger partial charge in [-0.15, -0.1) is 0 Å². The quantitative estimate of drug-likeness (QED) is 0.753. The maximum Gasteiger partial charge on any atom is 0.123 e. The van der Waals surface area contributed by atoms with Gasteiger partial charge < -0.3 is 0 Å². The van der Waals surface area contributed by atoms with Crippen LogP contribution < -0.4 is 0 Å². The van der Waals surface area contributed by atoms with Gasteiger partial charge in [0.2, 0.25) is 0 Å². The SMILES string of the molecule is CC(C)c1ccc(C(C#N)N(C)C)cc1. The van der Waals surface area contributed by atoms with Crippen LogP contribution in [0.15, 0.2) is 24.3 Å². The van der Waals surface area contributed by atoms with E-state index in [0.29, 0.717) is 5.92 Å². The molecule has 1 aromatic rings. The van der Waals surface area contributed by atoms with Crippen molar-refractivity contribution >= 4 is 0 Å². The van der Waals surface area contributed by atoms with E-state index in [1.54, 1.807) is 0 Å². The molecule has 80 valence electrons. The maximum atomic E-state index is 9.04. The van der Waals surface area contributed by atoms with E-state index in [9.17, 15) is 0 Å². The van der Waals surface area contributed by atoms with Gasteiger partial charge in [0.05, 0.1) is 6.07 Å². The van der Waals surface area contributed by atoms with E-state index in [1.165, 1.54) is 5.56 Å². The molecule has 1 atom stereocenters. The van der Waals surface area contributed by atoms with Crippen molar-refractivity contribution in [3.63, 3.8) is 0 Å². The molecule has 0 fully saturated rings. The minimum absolute atomic E-state index is 0.147. The van der Waals surface area contributed by atoms with Crippen molar-refractivity contribution in [3.05, 3.63) is 35.4 Å². The van der Waals surface area contributed by atoms with E-state index in [2.05, 4.69) is 32.0 Å². The van der Waals surface area contributed by atoms with E-state index >= 15 is 0 Å². The second-order valence-electron chi connectivity index (χ2n) is 4.32. The molecule has 1 rings (SSSR count). The number of nitriles is 1. The minimum atomic E-state index is -0.147. The Labute approximate surface area is 92.1 Å². The molecule has 0 N–H and O–H groups in total. The number of hydrogen-bond acceptors (Lipinski definition) is 2. The summed E-state index contributed by atoms with van der Waals surface area (Å²) < 4.78 is 0. The molecule has 0 heterocycles. The highest BCUT2D eigenvalue weighted by molar-refractivity contribution is 5.29. The highest BCUT2D eigenvalue weighted by atomic mass is 15.1. The number of rotatable bonds is 3. The Morgan fingerprint density at radius 2 is 1.53 bits per heavy atom. The molecule has 0 aliphatic carbocycles. The molecule has 2 nitrogen and oxygen atoms in total. The fourth-order valence-corrected chi connectivity index (χ4v) is 1.55. The highest BCUT2D eigenvalue weighted by Gasteiger charge is 2.12. The zero-order chi connectivity index (χ0) is 11.4. The number of hydrogen-bond donors (Lipinski definition) is 0. The lowest BCUT2D eigenvalue weighted by Gasteiger charge is -2.18. The minimum Gasteiger partial charge on any atom is -0.291 e. The molecule has 0 radical (unpaired) electrons. The van der Waals surface area contributed by atoms with Gasteiger partial charge in [-0.3, -0.25) is 4.90 Å². The van der Waals surface area contributed by atoms with E-state index in [1.807, 2.05) is 31.1 Å². The standard InChI is InChI=1S/C13H18N2/c1-10(2)11-5-7-12(8-6-11)13(9-14)15(3)4/h5-8,10,13H,1-4H3. The number of nitrogens with zero attached hydrogens (tertiary/aromatic N) is 2. The molecule has 0 bridgehead atoms. The lowest BCUT2D eigenvalue weighted by molar-refractivity contribution is 0.358. The van der Waals surface area contributed by atoms with Gasteiger partial charge >= 0.3 is 0 Å². The summed E-state index contributed by atoms with van der Waals surface area (Å²) in [6.07, 6.45) is 0. The average molecular weight is 202 g/mol. The van der Waals surface area contributed by atoms with Crippen molar-refractivity contribution in [2.45, 2.75) is 25.8 Å². The van der Waals surface area contributed by atoms with Crippen LogP contribution in [-0.4, -0.2) is 19.0 Å². The predicted octanol–water partition coefficient (Wildman–Crippen LogP) is 2.94. The molecule has 0 spiro atoms. The molecular weight excluding hydrogens is 184 g/mol. The van der Waals surface area contributed by atoms with Crippen molar-refractivity contribution in [1.29, 1.82) is 5.26 Å². The molecule has 0 aromatic heterocycles. The average Bonchev–Trinajstić information content (AvgIpc) is 2.19. The zero-order valence-electron chi connectivity index (χ0n) is 9.86. The predicted molar refractivity (Wildman–Crippen MR) is 62.6 cm³/mol. The second kappa shape index (κ2) is 4.95. The molecule has 1 aromatic carbocycles. The Bertz CT molecular complexity index is 344. The first-order valence-corrected chi connectivity index (χ1v) is 5.22. The van der Waals surface area contributed by atoms with Crippen LogP contribution in [0.5, 0.6) is 0 Å². The second-order valence-corrected chi connectivity index (χ2v) is 4.32.